The number of nitrogens with one attached hydrogen (secondary N) is 2. The normalized spacial score (nSPS) is 16.5. The van der Waals surface area contributed by atoms with Crippen molar-refractivity contribution in [2.24, 2.45) is 0 Å². The quantitative estimate of drug-likeness (QED) is 0.445. The van der Waals surface area contributed by atoms with E-state index in [2.05, 4.69) is 20.7 Å². The Morgan fingerprint density at radius 2 is 2.03 bits per heavy atom. The summed E-state index contributed by atoms with van der Waals surface area (Å²) in [6.45, 7) is 3.42. The summed E-state index contributed by atoms with van der Waals surface area (Å²) in [7, 11) is 0. The van der Waals surface area contributed by atoms with Crippen LogP contribution in [0.1, 0.15) is 24.9 Å². The highest BCUT2D eigenvalue weighted by molar-refractivity contribution is 5.65. The van der Waals surface area contributed by atoms with E-state index in [1.807, 2.05) is 25.1 Å². The molecule has 4 aromatic rings. The Morgan fingerprint density at radius 1 is 1.16 bits per heavy atom. The molecule has 1 unspecified atom stereocenters. The first-order chi connectivity index (χ1) is 15.5. The Labute approximate surface area is 184 Å². The Hall–Kier alpha value is -3.52. The Morgan fingerprint density at radius 3 is 2.81 bits per heavy atom. The fourth-order valence-electron chi connectivity index (χ4n) is 3.71. The summed E-state index contributed by atoms with van der Waals surface area (Å²) in [5.41, 5.74) is 2.71. The van der Waals surface area contributed by atoms with Crippen LogP contribution in [0.5, 0.6) is 5.75 Å². The molecule has 0 saturated carbocycles. The van der Waals surface area contributed by atoms with Gasteiger partial charge in [0.15, 0.2) is 5.65 Å². The van der Waals surface area contributed by atoms with Gasteiger partial charge in [-0.2, -0.15) is 0 Å². The molecule has 6 nitrogen and oxygen atoms in total. The van der Waals surface area contributed by atoms with Gasteiger partial charge in [0.25, 0.3) is 0 Å². The van der Waals surface area contributed by atoms with Crippen molar-refractivity contribution < 1.29 is 13.5 Å². The first-order valence-corrected chi connectivity index (χ1v) is 10.6. The molecule has 0 aliphatic carbocycles. The van der Waals surface area contributed by atoms with E-state index in [0.717, 1.165) is 18.5 Å². The summed E-state index contributed by atoms with van der Waals surface area (Å²) < 4.78 is 35.3. The average molecular weight is 435 g/mol. The summed E-state index contributed by atoms with van der Waals surface area (Å²) in [6.07, 6.45) is 2.72. The maximum absolute atomic E-state index is 14.3. The first-order valence-electron chi connectivity index (χ1n) is 10.6. The van der Waals surface area contributed by atoms with E-state index in [9.17, 15) is 8.78 Å². The molecule has 2 aromatic heterocycles. The van der Waals surface area contributed by atoms with E-state index >= 15 is 0 Å². The van der Waals surface area contributed by atoms with Crippen LogP contribution in [-0.2, 0) is 0 Å². The molecule has 2 atom stereocenters. The molecule has 0 radical (unpaired) electrons. The lowest BCUT2D eigenvalue weighted by Gasteiger charge is -2.27. The molecule has 2 N–H and O–H groups in total. The van der Waals surface area contributed by atoms with Crippen LogP contribution in [0.3, 0.4) is 0 Å². The van der Waals surface area contributed by atoms with Crippen molar-refractivity contribution in [3.05, 3.63) is 78.0 Å². The highest BCUT2D eigenvalue weighted by Crippen LogP contribution is 2.27. The molecule has 5 rings (SSSR count). The number of fused-ring (bicyclic) bond motifs is 1. The van der Waals surface area contributed by atoms with Crippen molar-refractivity contribution in [2.75, 3.05) is 18.5 Å². The molecule has 0 amide bonds. The second-order valence-corrected chi connectivity index (χ2v) is 7.98. The molecular formula is C24H23F2N5O. The van der Waals surface area contributed by atoms with Crippen LogP contribution in [0.4, 0.5) is 14.6 Å². The molecule has 8 heteroatoms. The van der Waals surface area contributed by atoms with Crippen LogP contribution in [0.25, 0.3) is 16.9 Å². The second-order valence-electron chi connectivity index (χ2n) is 7.98. The maximum Gasteiger partial charge on any atom is 0.154 e. The van der Waals surface area contributed by atoms with Gasteiger partial charge in [0.2, 0.25) is 0 Å². The van der Waals surface area contributed by atoms with Crippen molar-refractivity contribution in [1.82, 2.24) is 19.9 Å². The van der Waals surface area contributed by atoms with Crippen LogP contribution in [0.2, 0.25) is 0 Å². The number of aromatic nitrogens is 3. The van der Waals surface area contributed by atoms with Crippen LogP contribution < -0.4 is 15.4 Å². The largest absolute Gasteiger partial charge is 0.492 e. The first kappa shape index (κ1) is 20.4. The number of nitrogens with zero attached hydrogens (tertiary/aromatic N) is 3. The summed E-state index contributed by atoms with van der Waals surface area (Å²) in [6, 6.07) is 14.9. The van der Waals surface area contributed by atoms with Gasteiger partial charge in [0.05, 0.1) is 17.9 Å². The van der Waals surface area contributed by atoms with E-state index in [1.165, 1.54) is 24.3 Å². The summed E-state index contributed by atoms with van der Waals surface area (Å²) in [5, 5.41) is 11.2. The van der Waals surface area contributed by atoms with Gasteiger partial charge in [-0.15, -0.1) is 5.10 Å². The monoisotopic (exact) mass is 435 g/mol. The maximum atomic E-state index is 14.3. The highest BCUT2D eigenvalue weighted by Gasteiger charge is 2.18. The predicted molar refractivity (Wildman–Crippen MR) is 119 cm³/mol. The van der Waals surface area contributed by atoms with Crippen LogP contribution >= 0.6 is 0 Å². The van der Waals surface area contributed by atoms with E-state index in [1.54, 1.807) is 22.8 Å². The third kappa shape index (κ3) is 4.27. The van der Waals surface area contributed by atoms with Crippen LogP contribution in [0, 0.1) is 11.6 Å². The number of benzene rings is 2. The molecule has 1 aliphatic heterocycles. The van der Waals surface area contributed by atoms with Crippen molar-refractivity contribution in [2.45, 2.75) is 25.4 Å². The molecule has 1 aliphatic rings. The van der Waals surface area contributed by atoms with Crippen LogP contribution in [0.15, 0.2) is 60.8 Å². The number of rotatable bonds is 7. The zero-order valence-corrected chi connectivity index (χ0v) is 17.6. The van der Waals surface area contributed by atoms with Gasteiger partial charge in [-0.25, -0.2) is 18.3 Å². The lowest BCUT2D eigenvalue weighted by Crippen LogP contribution is -2.46. The molecule has 2 aromatic carbocycles. The van der Waals surface area contributed by atoms with Gasteiger partial charge < -0.3 is 15.4 Å². The molecule has 164 valence electrons. The molecule has 1 saturated heterocycles. The minimum absolute atomic E-state index is 0.156. The topological polar surface area (TPSA) is 63.5 Å². The van der Waals surface area contributed by atoms with Gasteiger partial charge in [0, 0.05) is 17.7 Å². The van der Waals surface area contributed by atoms with Crippen molar-refractivity contribution >= 4 is 11.5 Å². The zero-order chi connectivity index (χ0) is 22.1. The molecule has 1 fully saturated rings. The third-order valence-corrected chi connectivity index (χ3v) is 5.62. The van der Waals surface area contributed by atoms with Gasteiger partial charge in [-0.3, -0.25) is 0 Å². The molecule has 0 bridgehead atoms. The summed E-state index contributed by atoms with van der Waals surface area (Å²) in [5.74, 6) is 0.395. The predicted octanol–water partition coefficient (Wildman–Crippen LogP) is 4.59. The summed E-state index contributed by atoms with van der Waals surface area (Å²) >= 11 is 0. The lowest BCUT2D eigenvalue weighted by atomic mass is 10.1. The third-order valence-electron chi connectivity index (χ3n) is 5.62. The van der Waals surface area contributed by atoms with Crippen LogP contribution in [-0.4, -0.2) is 33.8 Å². The number of hydrogen-bond donors (Lipinski definition) is 2. The Balaban J connectivity index is 1.42. The number of hydrogen-bond acceptors (Lipinski definition) is 5. The molecule has 3 heterocycles. The van der Waals surface area contributed by atoms with Gasteiger partial charge in [-0.05, 0) is 61.9 Å². The van der Waals surface area contributed by atoms with Gasteiger partial charge >= 0.3 is 0 Å². The SMILES string of the molecule is CC(Nc1ccc2ncc(-c3cc(F)cc(OC[C@@H]4CCN4)c3)n2n1)c1cccc(F)c1. The van der Waals surface area contributed by atoms with E-state index in [0.29, 0.717) is 41.1 Å². The molecular weight excluding hydrogens is 412 g/mol. The van der Waals surface area contributed by atoms with E-state index in [-0.39, 0.29) is 17.7 Å². The minimum Gasteiger partial charge on any atom is -0.492 e. The van der Waals surface area contributed by atoms with Gasteiger partial charge in [-0.1, -0.05) is 12.1 Å². The number of anilines is 1. The smallest absolute Gasteiger partial charge is 0.154 e. The van der Waals surface area contributed by atoms with Crippen molar-refractivity contribution in [3.8, 4) is 17.0 Å². The minimum atomic E-state index is -0.386. The zero-order valence-electron chi connectivity index (χ0n) is 17.6. The van der Waals surface area contributed by atoms with E-state index < -0.39 is 0 Å². The van der Waals surface area contributed by atoms with Gasteiger partial charge in [0.1, 0.15) is 29.8 Å². The standard InChI is InChI=1S/C24H23F2N5O/c1-15(16-3-2-4-18(25)9-16)29-23-5-6-24-28-13-22(31(24)30-23)17-10-19(26)12-21(11-17)32-14-20-7-8-27-20/h2-6,9-13,15,20,27H,7-8,14H2,1H3,(H,29,30)/t15?,20-/m0/s1. The summed E-state index contributed by atoms with van der Waals surface area (Å²) in [4.78, 5) is 4.39. The highest BCUT2D eigenvalue weighted by atomic mass is 19.1. The van der Waals surface area contributed by atoms with Crippen molar-refractivity contribution in [1.29, 1.82) is 0 Å². The van der Waals surface area contributed by atoms with E-state index in [4.69, 9.17) is 4.74 Å². The Bertz CT molecular complexity index is 1250. The Kier molecular flexibility index (Phi) is 5.45. The average Bonchev–Trinajstić information content (AvgIpc) is 3.15. The number of halogens is 2. The number of ether oxygens (including phenoxy) is 1. The molecule has 0 spiro atoms. The fourth-order valence-corrected chi connectivity index (χ4v) is 3.71. The van der Waals surface area contributed by atoms with Crippen molar-refractivity contribution in [3.63, 3.8) is 0 Å². The lowest BCUT2D eigenvalue weighted by molar-refractivity contribution is 0.217. The molecule has 32 heavy (non-hydrogen) atoms. The number of imidazole rings is 1. The second kappa shape index (κ2) is 8.55. The fraction of sp³-hybridized carbons (Fsp3) is 0.250.